The summed E-state index contributed by atoms with van der Waals surface area (Å²) in [7, 11) is 0. The molecule has 2 rings (SSSR count). The van der Waals surface area contributed by atoms with Gasteiger partial charge in [-0.25, -0.2) is 22.4 Å². The van der Waals surface area contributed by atoms with Gasteiger partial charge in [-0.05, 0) is 12.1 Å². The van der Waals surface area contributed by atoms with E-state index < -0.39 is 57.2 Å². The first-order chi connectivity index (χ1) is 10.3. The minimum absolute atomic E-state index is 0.494. The van der Waals surface area contributed by atoms with Gasteiger partial charge in [0, 0.05) is 0 Å². The number of benzene rings is 2. The molecular weight excluding hydrogens is 338 g/mol. The molecule has 0 radical (unpaired) electrons. The molecule has 0 fully saturated rings. The van der Waals surface area contributed by atoms with Crippen LogP contribution in [0.2, 0.25) is 5.02 Å². The van der Waals surface area contributed by atoms with E-state index in [0.717, 1.165) is 18.2 Å². The van der Waals surface area contributed by atoms with Crippen molar-refractivity contribution in [2.75, 3.05) is 0 Å². The molecule has 2 aromatic rings. The fourth-order valence-electron chi connectivity index (χ4n) is 1.48. The molecule has 0 atom stereocenters. The Labute approximate surface area is 123 Å². The highest BCUT2D eigenvalue weighted by Crippen LogP contribution is 2.30. The van der Waals surface area contributed by atoms with Crippen molar-refractivity contribution >= 4 is 17.6 Å². The second-order valence-electron chi connectivity index (χ2n) is 3.89. The molecule has 0 aliphatic heterocycles. The lowest BCUT2D eigenvalue weighted by atomic mass is 10.2. The number of hydrogen-bond acceptors (Lipinski definition) is 2. The van der Waals surface area contributed by atoms with Gasteiger partial charge in [-0.15, -0.1) is 0 Å². The number of carbonyl (C=O) groups excluding carboxylic acids is 1. The van der Waals surface area contributed by atoms with E-state index in [4.69, 9.17) is 11.6 Å². The fourth-order valence-corrected chi connectivity index (χ4v) is 1.66. The Morgan fingerprint density at radius 2 is 1.32 bits per heavy atom. The number of rotatable bonds is 2. The van der Waals surface area contributed by atoms with E-state index in [-0.39, 0.29) is 0 Å². The molecule has 0 unspecified atom stereocenters. The maximum Gasteiger partial charge on any atom is 0.346 e. The molecule has 0 bridgehead atoms. The molecule has 0 spiro atoms. The summed E-state index contributed by atoms with van der Waals surface area (Å²) < 4.78 is 83.0. The van der Waals surface area contributed by atoms with Crippen LogP contribution in [-0.2, 0) is 0 Å². The number of ether oxygens (including phenoxy) is 1. The molecule has 116 valence electrons. The Bertz CT molecular complexity index is 749. The minimum Gasteiger partial charge on any atom is -0.416 e. The van der Waals surface area contributed by atoms with Crippen LogP contribution in [0.5, 0.6) is 5.75 Å². The zero-order valence-corrected chi connectivity index (χ0v) is 11.0. The van der Waals surface area contributed by atoms with Gasteiger partial charge in [-0.2, -0.15) is 8.78 Å². The summed E-state index contributed by atoms with van der Waals surface area (Å²) in [4.78, 5) is 11.6. The SMILES string of the molecule is O=C(Oc1c(F)c(F)c(F)c(F)c1F)c1cccc(Cl)c1F. The van der Waals surface area contributed by atoms with Gasteiger partial charge in [0.05, 0.1) is 10.6 Å². The van der Waals surface area contributed by atoms with E-state index in [9.17, 15) is 31.1 Å². The van der Waals surface area contributed by atoms with Gasteiger partial charge in [0.2, 0.25) is 34.8 Å². The molecule has 0 amide bonds. The summed E-state index contributed by atoms with van der Waals surface area (Å²) in [6.07, 6.45) is 0. The van der Waals surface area contributed by atoms with Crippen molar-refractivity contribution < 1.29 is 35.9 Å². The average molecular weight is 341 g/mol. The van der Waals surface area contributed by atoms with Crippen molar-refractivity contribution in [3.8, 4) is 5.75 Å². The standard InChI is InChI=1S/C13H3ClF6O2/c14-5-3-1-2-4(6(5)15)13(21)22-12-10(19)8(17)7(16)9(18)11(12)20/h1-3H. The van der Waals surface area contributed by atoms with Crippen molar-refractivity contribution in [3.63, 3.8) is 0 Å². The van der Waals surface area contributed by atoms with Crippen LogP contribution in [0.15, 0.2) is 18.2 Å². The summed E-state index contributed by atoms with van der Waals surface area (Å²) >= 11 is 5.39. The Balaban J connectivity index is 2.48. The third kappa shape index (κ3) is 2.61. The molecule has 9 heteroatoms. The monoisotopic (exact) mass is 340 g/mol. The lowest BCUT2D eigenvalue weighted by Crippen LogP contribution is -2.15. The van der Waals surface area contributed by atoms with Crippen LogP contribution in [0.1, 0.15) is 10.4 Å². The van der Waals surface area contributed by atoms with Crippen LogP contribution in [-0.4, -0.2) is 5.97 Å². The summed E-state index contributed by atoms with van der Waals surface area (Å²) in [5.74, 6) is -16.5. The number of esters is 1. The third-order valence-corrected chi connectivity index (χ3v) is 2.83. The van der Waals surface area contributed by atoms with Gasteiger partial charge in [0.1, 0.15) is 0 Å². The lowest BCUT2D eigenvalue weighted by Gasteiger charge is -2.09. The summed E-state index contributed by atoms with van der Waals surface area (Å²) in [6, 6.07) is 3.06. The van der Waals surface area contributed by atoms with E-state index in [2.05, 4.69) is 4.74 Å². The highest BCUT2D eigenvalue weighted by molar-refractivity contribution is 6.31. The molecule has 0 saturated carbocycles. The van der Waals surface area contributed by atoms with E-state index >= 15 is 0 Å². The first-order valence-corrected chi connectivity index (χ1v) is 5.81. The van der Waals surface area contributed by atoms with Crippen LogP contribution in [0.4, 0.5) is 26.3 Å². The Morgan fingerprint density at radius 1 is 0.818 bits per heavy atom. The molecule has 2 aromatic carbocycles. The molecule has 0 N–H and O–H groups in total. The van der Waals surface area contributed by atoms with Gasteiger partial charge in [0.15, 0.2) is 5.82 Å². The molecule has 0 saturated heterocycles. The first kappa shape index (κ1) is 16.2. The first-order valence-electron chi connectivity index (χ1n) is 5.43. The average Bonchev–Trinajstić information content (AvgIpc) is 2.50. The predicted molar refractivity (Wildman–Crippen MR) is 62.6 cm³/mol. The lowest BCUT2D eigenvalue weighted by molar-refractivity contribution is 0.0711. The Hall–Kier alpha value is -2.22. The summed E-state index contributed by atoms with van der Waals surface area (Å²) in [5, 5.41) is -0.494. The van der Waals surface area contributed by atoms with Gasteiger partial charge < -0.3 is 4.74 Å². The number of carbonyl (C=O) groups is 1. The highest BCUT2D eigenvalue weighted by Gasteiger charge is 2.29. The topological polar surface area (TPSA) is 26.3 Å². The van der Waals surface area contributed by atoms with E-state index in [0.29, 0.717) is 0 Å². The molecule has 2 nitrogen and oxygen atoms in total. The smallest absolute Gasteiger partial charge is 0.346 e. The highest BCUT2D eigenvalue weighted by atomic mass is 35.5. The number of hydrogen-bond donors (Lipinski definition) is 0. The molecular formula is C13H3ClF6O2. The summed E-state index contributed by atoms with van der Waals surface area (Å²) in [6.45, 7) is 0. The minimum atomic E-state index is -2.41. The van der Waals surface area contributed by atoms with E-state index in [1.807, 2.05) is 0 Å². The largest absolute Gasteiger partial charge is 0.416 e. The van der Waals surface area contributed by atoms with Crippen molar-refractivity contribution in [2.24, 2.45) is 0 Å². The van der Waals surface area contributed by atoms with E-state index in [1.54, 1.807) is 0 Å². The predicted octanol–water partition coefficient (Wildman–Crippen LogP) is 4.39. The van der Waals surface area contributed by atoms with Gasteiger partial charge in [0.25, 0.3) is 0 Å². The maximum absolute atomic E-state index is 13.6. The molecule has 0 aliphatic carbocycles. The van der Waals surface area contributed by atoms with Gasteiger partial charge in [-0.3, -0.25) is 0 Å². The second-order valence-corrected chi connectivity index (χ2v) is 4.30. The second kappa shape index (κ2) is 5.88. The zero-order valence-electron chi connectivity index (χ0n) is 10.2. The van der Waals surface area contributed by atoms with E-state index in [1.165, 1.54) is 0 Å². The third-order valence-electron chi connectivity index (χ3n) is 2.54. The van der Waals surface area contributed by atoms with Crippen LogP contribution in [0, 0.1) is 34.9 Å². The normalized spacial score (nSPS) is 10.7. The van der Waals surface area contributed by atoms with Crippen molar-refractivity contribution in [1.29, 1.82) is 0 Å². The molecule has 0 aromatic heterocycles. The molecule has 22 heavy (non-hydrogen) atoms. The Morgan fingerprint density at radius 3 is 1.86 bits per heavy atom. The van der Waals surface area contributed by atoms with Gasteiger partial charge in [-0.1, -0.05) is 17.7 Å². The van der Waals surface area contributed by atoms with Crippen molar-refractivity contribution in [2.45, 2.75) is 0 Å². The van der Waals surface area contributed by atoms with Crippen LogP contribution >= 0.6 is 11.6 Å². The number of halogens is 7. The quantitative estimate of drug-likeness (QED) is 0.266. The van der Waals surface area contributed by atoms with Crippen molar-refractivity contribution in [1.82, 2.24) is 0 Å². The van der Waals surface area contributed by atoms with Crippen LogP contribution in [0.3, 0.4) is 0 Å². The van der Waals surface area contributed by atoms with Gasteiger partial charge >= 0.3 is 5.97 Å². The van der Waals surface area contributed by atoms with Crippen molar-refractivity contribution in [3.05, 3.63) is 63.7 Å². The van der Waals surface area contributed by atoms with Crippen LogP contribution < -0.4 is 4.74 Å². The zero-order chi connectivity index (χ0) is 16.6. The molecule has 0 heterocycles. The fraction of sp³-hybridized carbons (Fsp3) is 0. The molecule has 0 aliphatic rings. The summed E-state index contributed by atoms with van der Waals surface area (Å²) in [5.41, 5.74) is -0.837. The van der Waals surface area contributed by atoms with Crippen LogP contribution in [0.25, 0.3) is 0 Å². The Kier molecular flexibility index (Phi) is 4.32. The maximum atomic E-state index is 13.6.